The molecule has 0 saturated heterocycles. The summed E-state index contributed by atoms with van der Waals surface area (Å²) in [6, 6.07) is 31.5. The first-order valence-electron chi connectivity index (χ1n) is 8.57. The standard InChI is InChI=1S/C24H15BrO/c25-21-13-6-14-22-23(21)20-12-5-11-19(24(20)26-22)18-10-4-9-17(15-18)16-7-2-1-3-8-16/h1-15H. The van der Waals surface area contributed by atoms with E-state index >= 15 is 0 Å². The summed E-state index contributed by atoms with van der Waals surface area (Å²) in [6.45, 7) is 0. The molecule has 0 saturated carbocycles. The number of furan rings is 1. The predicted molar refractivity (Wildman–Crippen MR) is 112 cm³/mol. The summed E-state index contributed by atoms with van der Waals surface area (Å²) in [7, 11) is 0. The molecule has 5 aromatic rings. The highest BCUT2D eigenvalue weighted by molar-refractivity contribution is 9.10. The van der Waals surface area contributed by atoms with Crippen LogP contribution in [-0.4, -0.2) is 0 Å². The second kappa shape index (κ2) is 6.15. The van der Waals surface area contributed by atoms with Gasteiger partial charge in [0.1, 0.15) is 11.2 Å². The normalized spacial score (nSPS) is 11.3. The predicted octanol–water partition coefficient (Wildman–Crippen LogP) is 7.68. The Morgan fingerprint density at radius 2 is 1.35 bits per heavy atom. The lowest BCUT2D eigenvalue weighted by molar-refractivity contribution is 0.670. The summed E-state index contributed by atoms with van der Waals surface area (Å²) in [5.41, 5.74) is 6.53. The van der Waals surface area contributed by atoms with Crippen LogP contribution in [0.3, 0.4) is 0 Å². The number of halogens is 1. The van der Waals surface area contributed by atoms with Crippen molar-refractivity contribution in [3.05, 3.63) is 95.5 Å². The number of hydrogen-bond acceptors (Lipinski definition) is 1. The third kappa shape index (κ3) is 2.46. The summed E-state index contributed by atoms with van der Waals surface area (Å²) in [5.74, 6) is 0. The monoisotopic (exact) mass is 398 g/mol. The Hall–Kier alpha value is -2.84. The molecule has 0 aliphatic heterocycles. The van der Waals surface area contributed by atoms with Crippen LogP contribution in [0.2, 0.25) is 0 Å². The molecule has 4 aromatic carbocycles. The molecule has 5 rings (SSSR count). The summed E-state index contributed by atoms with van der Waals surface area (Å²) in [6.07, 6.45) is 0. The summed E-state index contributed by atoms with van der Waals surface area (Å²) >= 11 is 3.66. The van der Waals surface area contributed by atoms with Gasteiger partial charge < -0.3 is 4.42 Å². The van der Waals surface area contributed by atoms with E-state index in [1.807, 2.05) is 18.2 Å². The molecule has 2 heteroatoms. The zero-order valence-electron chi connectivity index (χ0n) is 13.9. The van der Waals surface area contributed by atoms with E-state index in [0.717, 1.165) is 37.5 Å². The van der Waals surface area contributed by atoms with Crippen LogP contribution in [0.5, 0.6) is 0 Å². The molecule has 0 unspecified atom stereocenters. The molecular formula is C24H15BrO. The SMILES string of the molecule is Brc1cccc2oc3c(-c4cccc(-c5ccccc5)c4)cccc3c12. The lowest BCUT2D eigenvalue weighted by Gasteiger charge is -2.07. The fraction of sp³-hybridized carbons (Fsp3) is 0. The zero-order chi connectivity index (χ0) is 17.5. The smallest absolute Gasteiger partial charge is 0.143 e. The Kier molecular flexibility index (Phi) is 3.65. The molecule has 0 atom stereocenters. The molecule has 1 heterocycles. The highest BCUT2D eigenvalue weighted by Gasteiger charge is 2.14. The number of para-hydroxylation sites is 1. The molecule has 0 amide bonds. The molecule has 0 fully saturated rings. The van der Waals surface area contributed by atoms with E-state index < -0.39 is 0 Å². The van der Waals surface area contributed by atoms with Gasteiger partial charge in [-0.2, -0.15) is 0 Å². The quantitative estimate of drug-likeness (QED) is 0.297. The van der Waals surface area contributed by atoms with Crippen LogP contribution in [-0.2, 0) is 0 Å². The molecule has 0 aliphatic carbocycles. The van der Waals surface area contributed by atoms with Crippen LogP contribution in [0.1, 0.15) is 0 Å². The van der Waals surface area contributed by atoms with Crippen LogP contribution < -0.4 is 0 Å². The minimum Gasteiger partial charge on any atom is -0.455 e. The van der Waals surface area contributed by atoms with Crippen molar-refractivity contribution in [1.82, 2.24) is 0 Å². The molecular weight excluding hydrogens is 384 g/mol. The molecule has 124 valence electrons. The van der Waals surface area contributed by atoms with Gasteiger partial charge in [0.25, 0.3) is 0 Å². The molecule has 1 nitrogen and oxygen atoms in total. The van der Waals surface area contributed by atoms with Crippen molar-refractivity contribution < 1.29 is 4.42 Å². The maximum Gasteiger partial charge on any atom is 0.143 e. The van der Waals surface area contributed by atoms with Gasteiger partial charge in [0, 0.05) is 20.8 Å². The van der Waals surface area contributed by atoms with E-state index in [2.05, 4.69) is 88.7 Å². The first-order valence-corrected chi connectivity index (χ1v) is 9.36. The van der Waals surface area contributed by atoms with Crippen molar-refractivity contribution in [1.29, 1.82) is 0 Å². The molecule has 0 radical (unpaired) electrons. The maximum absolute atomic E-state index is 6.23. The number of rotatable bonds is 2. The van der Waals surface area contributed by atoms with Gasteiger partial charge in [0.2, 0.25) is 0 Å². The Balaban J connectivity index is 1.75. The van der Waals surface area contributed by atoms with Crippen molar-refractivity contribution in [3.8, 4) is 22.3 Å². The first-order chi connectivity index (χ1) is 12.8. The van der Waals surface area contributed by atoms with Gasteiger partial charge in [-0.15, -0.1) is 0 Å². The summed E-state index contributed by atoms with van der Waals surface area (Å²) in [4.78, 5) is 0. The van der Waals surface area contributed by atoms with Crippen molar-refractivity contribution in [2.75, 3.05) is 0 Å². The van der Waals surface area contributed by atoms with Crippen LogP contribution in [0.4, 0.5) is 0 Å². The molecule has 1 aromatic heterocycles. The average Bonchev–Trinajstić information content (AvgIpc) is 3.09. The van der Waals surface area contributed by atoms with Gasteiger partial charge in [-0.3, -0.25) is 0 Å². The Morgan fingerprint density at radius 3 is 2.23 bits per heavy atom. The third-order valence-electron chi connectivity index (χ3n) is 4.75. The van der Waals surface area contributed by atoms with Crippen LogP contribution >= 0.6 is 15.9 Å². The minimum absolute atomic E-state index is 0.904. The van der Waals surface area contributed by atoms with Crippen LogP contribution in [0.25, 0.3) is 44.2 Å². The Labute approximate surface area is 160 Å². The zero-order valence-corrected chi connectivity index (χ0v) is 15.5. The molecule has 26 heavy (non-hydrogen) atoms. The van der Waals surface area contributed by atoms with Crippen molar-refractivity contribution >= 4 is 37.9 Å². The molecule has 0 spiro atoms. The maximum atomic E-state index is 6.23. The highest BCUT2D eigenvalue weighted by atomic mass is 79.9. The first kappa shape index (κ1) is 15.4. The highest BCUT2D eigenvalue weighted by Crippen LogP contribution is 2.39. The van der Waals surface area contributed by atoms with E-state index in [-0.39, 0.29) is 0 Å². The second-order valence-corrected chi connectivity index (χ2v) is 7.20. The van der Waals surface area contributed by atoms with Crippen LogP contribution in [0, 0.1) is 0 Å². The summed E-state index contributed by atoms with van der Waals surface area (Å²) < 4.78 is 7.29. The fourth-order valence-electron chi connectivity index (χ4n) is 3.53. The molecule has 0 aliphatic rings. The van der Waals surface area contributed by atoms with E-state index in [0.29, 0.717) is 0 Å². The lowest BCUT2D eigenvalue weighted by Crippen LogP contribution is -1.82. The van der Waals surface area contributed by atoms with Gasteiger partial charge in [0.05, 0.1) is 0 Å². The minimum atomic E-state index is 0.904. The second-order valence-electron chi connectivity index (χ2n) is 6.34. The number of hydrogen-bond donors (Lipinski definition) is 0. The Morgan fingerprint density at radius 1 is 0.615 bits per heavy atom. The van der Waals surface area contributed by atoms with Gasteiger partial charge in [-0.05, 0) is 34.9 Å². The van der Waals surface area contributed by atoms with Gasteiger partial charge in [-0.25, -0.2) is 0 Å². The number of benzene rings is 4. The van der Waals surface area contributed by atoms with Gasteiger partial charge in [-0.1, -0.05) is 88.7 Å². The van der Waals surface area contributed by atoms with Gasteiger partial charge >= 0.3 is 0 Å². The summed E-state index contributed by atoms with van der Waals surface area (Å²) in [5, 5.41) is 2.26. The van der Waals surface area contributed by atoms with Crippen molar-refractivity contribution in [2.45, 2.75) is 0 Å². The van der Waals surface area contributed by atoms with Gasteiger partial charge in [0.15, 0.2) is 0 Å². The molecule has 0 N–H and O–H groups in total. The van der Waals surface area contributed by atoms with Crippen molar-refractivity contribution in [3.63, 3.8) is 0 Å². The molecule has 0 bridgehead atoms. The van der Waals surface area contributed by atoms with Crippen LogP contribution in [0.15, 0.2) is 99.9 Å². The third-order valence-corrected chi connectivity index (χ3v) is 5.41. The van der Waals surface area contributed by atoms with E-state index in [9.17, 15) is 0 Å². The van der Waals surface area contributed by atoms with E-state index in [1.165, 1.54) is 11.1 Å². The average molecular weight is 399 g/mol. The topological polar surface area (TPSA) is 13.1 Å². The lowest BCUT2D eigenvalue weighted by atomic mass is 9.98. The van der Waals surface area contributed by atoms with E-state index in [4.69, 9.17) is 4.42 Å². The van der Waals surface area contributed by atoms with E-state index in [1.54, 1.807) is 0 Å². The fourth-order valence-corrected chi connectivity index (χ4v) is 4.09. The Bertz CT molecular complexity index is 1240. The number of fused-ring (bicyclic) bond motifs is 3. The van der Waals surface area contributed by atoms with Crippen molar-refractivity contribution in [2.24, 2.45) is 0 Å². The largest absolute Gasteiger partial charge is 0.455 e.